The summed E-state index contributed by atoms with van der Waals surface area (Å²) in [5, 5.41) is 0. The van der Waals surface area contributed by atoms with Gasteiger partial charge >= 0.3 is 5.97 Å². The number of esters is 1. The number of piperidine rings is 1. The Morgan fingerprint density at radius 1 is 1.00 bits per heavy atom. The monoisotopic (exact) mass is 451 g/mol. The van der Waals surface area contributed by atoms with Crippen molar-refractivity contribution in [1.82, 2.24) is 0 Å². The Hall–Kier alpha value is -1.40. The van der Waals surface area contributed by atoms with Gasteiger partial charge in [0.25, 0.3) is 0 Å². The van der Waals surface area contributed by atoms with Crippen molar-refractivity contribution in [2.75, 3.05) is 20.6 Å². The van der Waals surface area contributed by atoms with Crippen LogP contribution in [-0.4, -0.2) is 37.2 Å². The second kappa shape index (κ2) is 7.87. The third-order valence-electron chi connectivity index (χ3n) is 5.40. The molecular formula is C21H26INO2. The van der Waals surface area contributed by atoms with E-state index < -0.39 is 0 Å². The summed E-state index contributed by atoms with van der Waals surface area (Å²) >= 11 is 0. The fourth-order valence-electron chi connectivity index (χ4n) is 4.20. The van der Waals surface area contributed by atoms with Gasteiger partial charge in [-0.1, -0.05) is 60.7 Å². The van der Waals surface area contributed by atoms with E-state index in [0.29, 0.717) is 0 Å². The number of rotatable bonds is 3. The Bertz CT molecular complexity index is 661. The van der Waals surface area contributed by atoms with Gasteiger partial charge in [-0.2, -0.15) is 0 Å². The van der Waals surface area contributed by atoms with Crippen LogP contribution in [0.4, 0.5) is 0 Å². The van der Waals surface area contributed by atoms with Crippen molar-refractivity contribution < 1.29 is 38.0 Å². The van der Waals surface area contributed by atoms with E-state index >= 15 is 0 Å². The van der Waals surface area contributed by atoms with Crippen LogP contribution in [0.2, 0.25) is 0 Å². The molecule has 4 heteroatoms. The van der Waals surface area contributed by atoms with Crippen molar-refractivity contribution in [2.45, 2.75) is 31.4 Å². The number of carbonyl (C=O) groups is 1. The molecular weight excluding hydrogens is 425 g/mol. The molecule has 25 heavy (non-hydrogen) atoms. The lowest BCUT2D eigenvalue weighted by Gasteiger charge is -2.53. The second-order valence-electron chi connectivity index (χ2n) is 7.23. The molecule has 3 rings (SSSR count). The van der Waals surface area contributed by atoms with E-state index in [1.54, 1.807) is 0 Å². The summed E-state index contributed by atoms with van der Waals surface area (Å²) in [5.41, 5.74) is 2.33. The molecule has 1 unspecified atom stereocenters. The van der Waals surface area contributed by atoms with Crippen molar-refractivity contribution in [2.24, 2.45) is 0 Å². The molecule has 0 aliphatic carbocycles. The zero-order valence-electron chi connectivity index (χ0n) is 15.1. The van der Waals surface area contributed by atoms with Crippen LogP contribution in [-0.2, 0) is 15.1 Å². The number of benzene rings is 2. The molecule has 1 aliphatic heterocycles. The van der Waals surface area contributed by atoms with Gasteiger partial charge in [0, 0.05) is 30.9 Å². The fraction of sp³-hybridized carbons (Fsp3) is 0.381. The molecule has 3 nitrogen and oxygen atoms in total. The van der Waals surface area contributed by atoms with Gasteiger partial charge in [-0.3, -0.25) is 4.79 Å². The maximum atomic E-state index is 11.5. The molecule has 1 fully saturated rings. The van der Waals surface area contributed by atoms with Crippen LogP contribution in [0.15, 0.2) is 60.7 Å². The summed E-state index contributed by atoms with van der Waals surface area (Å²) in [6, 6.07) is 21.3. The van der Waals surface area contributed by atoms with Gasteiger partial charge in [0.2, 0.25) is 0 Å². The van der Waals surface area contributed by atoms with E-state index in [-0.39, 0.29) is 41.6 Å². The zero-order valence-corrected chi connectivity index (χ0v) is 17.3. The SMILES string of the molecule is CC(=O)OC1CC[N+](C)(C)C(c2ccccc2)(c2ccccc2)C1.[I-]. The average Bonchev–Trinajstić information content (AvgIpc) is 2.58. The van der Waals surface area contributed by atoms with Crippen molar-refractivity contribution in [1.29, 1.82) is 0 Å². The predicted molar refractivity (Wildman–Crippen MR) is 95.4 cm³/mol. The van der Waals surface area contributed by atoms with Gasteiger partial charge in [-0.05, 0) is 0 Å². The minimum Gasteiger partial charge on any atom is -1.00 e. The van der Waals surface area contributed by atoms with E-state index in [2.05, 4.69) is 74.8 Å². The van der Waals surface area contributed by atoms with Crippen LogP contribution in [0.25, 0.3) is 0 Å². The van der Waals surface area contributed by atoms with Crippen molar-refractivity contribution >= 4 is 5.97 Å². The van der Waals surface area contributed by atoms with E-state index in [0.717, 1.165) is 23.9 Å². The van der Waals surface area contributed by atoms with Crippen molar-refractivity contribution in [3.8, 4) is 0 Å². The lowest BCUT2D eigenvalue weighted by Crippen LogP contribution is -3.00. The molecule has 0 spiro atoms. The third-order valence-corrected chi connectivity index (χ3v) is 5.40. The Labute approximate surface area is 167 Å². The maximum absolute atomic E-state index is 11.5. The van der Waals surface area contributed by atoms with Gasteiger partial charge in [-0.25, -0.2) is 0 Å². The maximum Gasteiger partial charge on any atom is 0.302 e. The second-order valence-corrected chi connectivity index (χ2v) is 7.23. The normalized spacial score (nSPS) is 21.0. The predicted octanol–water partition coefficient (Wildman–Crippen LogP) is 0.736. The van der Waals surface area contributed by atoms with Crippen LogP contribution in [0, 0.1) is 0 Å². The van der Waals surface area contributed by atoms with Crippen molar-refractivity contribution in [3.63, 3.8) is 0 Å². The molecule has 1 atom stereocenters. The minimum absolute atomic E-state index is 0. The molecule has 0 N–H and O–H groups in total. The zero-order chi connectivity index (χ0) is 17.2. The Balaban J connectivity index is 0.00000225. The van der Waals surface area contributed by atoms with Gasteiger partial charge in [0.05, 0.1) is 20.6 Å². The molecule has 1 saturated heterocycles. The molecule has 2 aromatic rings. The van der Waals surface area contributed by atoms with E-state index in [4.69, 9.17) is 4.74 Å². The quantitative estimate of drug-likeness (QED) is 0.391. The number of halogens is 1. The first kappa shape index (κ1) is 19.9. The standard InChI is InChI=1S/C21H26NO2.HI/c1-17(23)24-20-14-15-22(2,3)21(16-20,18-10-6-4-7-11-18)19-12-8-5-9-13-19;/h4-13,20H,14-16H2,1-3H3;1H/q+1;/p-1. The number of ether oxygens (including phenoxy) is 1. The Morgan fingerprint density at radius 3 is 1.92 bits per heavy atom. The summed E-state index contributed by atoms with van der Waals surface area (Å²) in [7, 11) is 4.56. The Kier molecular flexibility index (Phi) is 6.27. The van der Waals surface area contributed by atoms with Crippen LogP contribution in [0.1, 0.15) is 30.9 Å². The molecule has 0 bridgehead atoms. The van der Waals surface area contributed by atoms with Crippen LogP contribution in [0.3, 0.4) is 0 Å². The first-order valence-corrected chi connectivity index (χ1v) is 8.57. The molecule has 0 aromatic heterocycles. The van der Waals surface area contributed by atoms with Crippen LogP contribution >= 0.6 is 0 Å². The highest BCUT2D eigenvalue weighted by molar-refractivity contribution is 5.66. The number of nitrogens with zero attached hydrogens (tertiary/aromatic N) is 1. The van der Waals surface area contributed by atoms with E-state index in [9.17, 15) is 4.79 Å². The van der Waals surface area contributed by atoms with Crippen molar-refractivity contribution in [3.05, 3.63) is 71.8 Å². The van der Waals surface area contributed by atoms with Gasteiger partial charge in [0.15, 0.2) is 5.54 Å². The summed E-state index contributed by atoms with van der Waals surface area (Å²) in [4.78, 5) is 11.5. The van der Waals surface area contributed by atoms with Crippen LogP contribution < -0.4 is 24.0 Å². The Morgan fingerprint density at radius 2 is 1.48 bits per heavy atom. The smallest absolute Gasteiger partial charge is 0.302 e. The largest absolute Gasteiger partial charge is 1.00 e. The van der Waals surface area contributed by atoms with E-state index in [1.807, 2.05) is 0 Å². The third kappa shape index (κ3) is 3.75. The molecule has 0 saturated carbocycles. The number of carbonyl (C=O) groups excluding carboxylic acids is 1. The highest BCUT2D eigenvalue weighted by Gasteiger charge is 2.53. The highest BCUT2D eigenvalue weighted by atomic mass is 127. The van der Waals surface area contributed by atoms with Crippen LogP contribution in [0.5, 0.6) is 0 Å². The minimum atomic E-state index is -0.221. The molecule has 0 amide bonds. The first-order valence-electron chi connectivity index (χ1n) is 8.57. The summed E-state index contributed by atoms with van der Waals surface area (Å²) in [5.74, 6) is -0.192. The number of quaternary nitrogens is 1. The average molecular weight is 451 g/mol. The van der Waals surface area contributed by atoms with Gasteiger partial charge < -0.3 is 33.2 Å². The number of hydrogen-bond donors (Lipinski definition) is 0. The molecule has 1 aliphatic rings. The lowest BCUT2D eigenvalue weighted by atomic mass is 9.72. The highest BCUT2D eigenvalue weighted by Crippen LogP contribution is 2.47. The summed E-state index contributed by atoms with van der Waals surface area (Å²) < 4.78 is 6.48. The molecule has 1 heterocycles. The number of hydrogen-bond acceptors (Lipinski definition) is 2. The number of likely N-dealkylation sites (tertiary alicyclic amines) is 1. The molecule has 2 aromatic carbocycles. The summed E-state index contributed by atoms with van der Waals surface area (Å²) in [6.45, 7) is 2.46. The summed E-state index contributed by atoms with van der Waals surface area (Å²) in [6.07, 6.45) is 1.65. The first-order chi connectivity index (χ1) is 11.5. The topological polar surface area (TPSA) is 26.3 Å². The van der Waals surface area contributed by atoms with E-state index in [1.165, 1.54) is 18.1 Å². The molecule has 134 valence electrons. The van der Waals surface area contributed by atoms with Gasteiger partial charge in [-0.15, -0.1) is 0 Å². The fourth-order valence-corrected chi connectivity index (χ4v) is 4.20. The van der Waals surface area contributed by atoms with Gasteiger partial charge in [0.1, 0.15) is 6.10 Å². The molecule has 0 radical (unpaired) electrons. The lowest BCUT2D eigenvalue weighted by molar-refractivity contribution is -0.949.